The SMILES string of the molecule is COC(=O)CC1CCCCN1CCn1ccccc1=O. The van der Waals surface area contributed by atoms with Crippen LogP contribution in [0.25, 0.3) is 0 Å². The van der Waals surface area contributed by atoms with Crippen LogP contribution >= 0.6 is 0 Å². The van der Waals surface area contributed by atoms with Crippen LogP contribution in [-0.2, 0) is 16.1 Å². The Labute approximate surface area is 119 Å². The summed E-state index contributed by atoms with van der Waals surface area (Å²) in [4.78, 5) is 25.4. The molecule has 0 aromatic carbocycles. The van der Waals surface area contributed by atoms with E-state index in [1.54, 1.807) is 16.7 Å². The first-order valence-electron chi connectivity index (χ1n) is 7.17. The van der Waals surface area contributed by atoms with Crippen LogP contribution in [0.2, 0.25) is 0 Å². The highest BCUT2D eigenvalue weighted by Gasteiger charge is 2.24. The molecule has 0 radical (unpaired) electrons. The van der Waals surface area contributed by atoms with Crippen LogP contribution in [0, 0.1) is 0 Å². The van der Waals surface area contributed by atoms with Gasteiger partial charge in [0, 0.05) is 31.4 Å². The van der Waals surface area contributed by atoms with Crippen molar-refractivity contribution in [2.75, 3.05) is 20.2 Å². The molecule has 1 aromatic heterocycles. The van der Waals surface area contributed by atoms with Crippen LogP contribution in [0.3, 0.4) is 0 Å². The number of hydrogen-bond acceptors (Lipinski definition) is 4. The highest BCUT2D eigenvalue weighted by molar-refractivity contribution is 5.69. The second kappa shape index (κ2) is 7.24. The molecule has 5 nitrogen and oxygen atoms in total. The monoisotopic (exact) mass is 278 g/mol. The topological polar surface area (TPSA) is 51.5 Å². The van der Waals surface area contributed by atoms with Crippen molar-refractivity contribution >= 4 is 5.97 Å². The highest BCUT2D eigenvalue weighted by atomic mass is 16.5. The largest absolute Gasteiger partial charge is 0.469 e. The molecular weight excluding hydrogens is 256 g/mol. The molecule has 0 spiro atoms. The number of rotatable bonds is 5. The lowest BCUT2D eigenvalue weighted by Gasteiger charge is -2.35. The number of aromatic nitrogens is 1. The second-order valence-corrected chi connectivity index (χ2v) is 5.20. The number of nitrogens with zero attached hydrogens (tertiary/aromatic N) is 2. The molecule has 2 heterocycles. The summed E-state index contributed by atoms with van der Waals surface area (Å²) in [5.41, 5.74) is 0.0222. The van der Waals surface area contributed by atoms with Crippen molar-refractivity contribution in [1.29, 1.82) is 0 Å². The molecule has 0 bridgehead atoms. The summed E-state index contributed by atoms with van der Waals surface area (Å²) in [5.74, 6) is -0.154. The molecule has 1 aliphatic rings. The van der Waals surface area contributed by atoms with Gasteiger partial charge in [0.05, 0.1) is 13.5 Å². The van der Waals surface area contributed by atoms with Gasteiger partial charge in [0.2, 0.25) is 0 Å². The van der Waals surface area contributed by atoms with Gasteiger partial charge in [-0.15, -0.1) is 0 Å². The molecule has 110 valence electrons. The number of methoxy groups -OCH3 is 1. The number of piperidine rings is 1. The zero-order valence-electron chi connectivity index (χ0n) is 12.0. The van der Waals surface area contributed by atoms with E-state index in [4.69, 9.17) is 4.74 Å². The minimum atomic E-state index is -0.154. The van der Waals surface area contributed by atoms with E-state index in [0.29, 0.717) is 13.0 Å². The first kappa shape index (κ1) is 14.8. The van der Waals surface area contributed by atoms with Gasteiger partial charge in [0.1, 0.15) is 0 Å². The lowest BCUT2D eigenvalue weighted by molar-refractivity contribution is -0.142. The fourth-order valence-corrected chi connectivity index (χ4v) is 2.74. The first-order valence-corrected chi connectivity index (χ1v) is 7.17. The molecule has 1 atom stereocenters. The molecule has 0 saturated carbocycles. The minimum Gasteiger partial charge on any atom is -0.469 e. The fraction of sp³-hybridized carbons (Fsp3) is 0.600. The van der Waals surface area contributed by atoms with Gasteiger partial charge in [0.15, 0.2) is 0 Å². The van der Waals surface area contributed by atoms with E-state index in [2.05, 4.69) is 4.90 Å². The molecule has 0 aliphatic carbocycles. The van der Waals surface area contributed by atoms with Crippen LogP contribution in [0.4, 0.5) is 0 Å². The maximum absolute atomic E-state index is 11.7. The Morgan fingerprint density at radius 1 is 1.35 bits per heavy atom. The molecule has 1 aliphatic heterocycles. The Morgan fingerprint density at radius 2 is 2.20 bits per heavy atom. The molecule has 20 heavy (non-hydrogen) atoms. The van der Waals surface area contributed by atoms with Gasteiger partial charge in [-0.05, 0) is 25.5 Å². The lowest BCUT2D eigenvalue weighted by atomic mass is 9.99. The summed E-state index contributed by atoms with van der Waals surface area (Å²) < 4.78 is 6.47. The summed E-state index contributed by atoms with van der Waals surface area (Å²) in [6.45, 7) is 2.45. The summed E-state index contributed by atoms with van der Waals surface area (Å²) in [6, 6.07) is 5.43. The summed E-state index contributed by atoms with van der Waals surface area (Å²) >= 11 is 0. The van der Waals surface area contributed by atoms with Crippen molar-refractivity contribution in [2.24, 2.45) is 0 Å². The number of pyridine rings is 1. The van der Waals surface area contributed by atoms with E-state index >= 15 is 0 Å². The molecule has 5 heteroatoms. The Kier molecular flexibility index (Phi) is 5.35. The number of carbonyl (C=O) groups excluding carboxylic acids is 1. The second-order valence-electron chi connectivity index (χ2n) is 5.20. The van der Waals surface area contributed by atoms with Gasteiger partial charge in [-0.1, -0.05) is 12.5 Å². The molecule has 2 rings (SSSR count). The standard InChI is InChI=1S/C15H22N2O3/c1-20-15(19)12-13-6-2-4-8-16(13)10-11-17-9-5-3-7-14(17)18/h3,5,7,9,13H,2,4,6,8,10-12H2,1H3. The van der Waals surface area contributed by atoms with Gasteiger partial charge < -0.3 is 9.30 Å². The molecule has 1 aromatic rings. The van der Waals surface area contributed by atoms with Crippen LogP contribution < -0.4 is 5.56 Å². The molecule has 0 N–H and O–H groups in total. The smallest absolute Gasteiger partial charge is 0.307 e. The average molecular weight is 278 g/mol. The van der Waals surface area contributed by atoms with Crippen molar-refractivity contribution < 1.29 is 9.53 Å². The number of esters is 1. The Balaban J connectivity index is 1.93. The maximum Gasteiger partial charge on any atom is 0.307 e. The van der Waals surface area contributed by atoms with Gasteiger partial charge >= 0.3 is 5.97 Å². The van der Waals surface area contributed by atoms with E-state index < -0.39 is 0 Å². The highest BCUT2D eigenvalue weighted by Crippen LogP contribution is 2.19. The van der Waals surface area contributed by atoms with Crippen molar-refractivity contribution in [3.05, 3.63) is 34.7 Å². The maximum atomic E-state index is 11.7. The van der Waals surface area contributed by atoms with Gasteiger partial charge in [-0.3, -0.25) is 14.5 Å². The third kappa shape index (κ3) is 3.93. The fourth-order valence-electron chi connectivity index (χ4n) is 2.74. The normalized spacial score (nSPS) is 19.8. The van der Waals surface area contributed by atoms with Crippen LogP contribution in [0.5, 0.6) is 0 Å². The Morgan fingerprint density at radius 3 is 2.95 bits per heavy atom. The number of hydrogen-bond donors (Lipinski definition) is 0. The predicted molar refractivity (Wildman–Crippen MR) is 76.5 cm³/mol. The van der Waals surface area contributed by atoms with Gasteiger partial charge in [0.25, 0.3) is 5.56 Å². The zero-order chi connectivity index (χ0) is 14.4. The molecule has 1 fully saturated rings. The van der Waals surface area contributed by atoms with Crippen molar-refractivity contribution in [2.45, 2.75) is 38.3 Å². The van der Waals surface area contributed by atoms with E-state index in [0.717, 1.165) is 32.4 Å². The van der Waals surface area contributed by atoms with Gasteiger partial charge in [-0.2, -0.15) is 0 Å². The van der Waals surface area contributed by atoms with Gasteiger partial charge in [-0.25, -0.2) is 0 Å². The van der Waals surface area contributed by atoms with Crippen molar-refractivity contribution in [1.82, 2.24) is 9.47 Å². The zero-order valence-corrected chi connectivity index (χ0v) is 12.0. The molecule has 1 saturated heterocycles. The predicted octanol–water partition coefficient (Wildman–Crippen LogP) is 1.27. The molecule has 0 amide bonds. The third-order valence-electron chi connectivity index (χ3n) is 3.91. The van der Waals surface area contributed by atoms with E-state index in [9.17, 15) is 9.59 Å². The summed E-state index contributed by atoms with van der Waals surface area (Å²) in [6.07, 6.45) is 5.59. The minimum absolute atomic E-state index is 0.0222. The number of likely N-dealkylation sites (tertiary alicyclic amines) is 1. The van der Waals surface area contributed by atoms with E-state index in [1.807, 2.05) is 12.3 Å². The van der Waals surface area contributed by atoms with E-state index in [1.165, 1.54) is 7.11 Å². The van der Waals surface area contributed by atoms with Crippen molar-refractivity contribution in [3.8, 4) is 0 Å². The molecular formula is C15H22N2O3. The quantitative estimate of drug-likeness (QED) is 0.761. The average Bonchev–Trinajstić information content (AvgIpc) is 2.47. The Hall–Kier alpha value is -1.62. The third-order valence-corrected chi connectivity index (χ3v) is 3.91. The van der Waals surface area contributed by atoms with E-state index in [-0.39, 0.29) is 17.6 Å². The Bertz CT molecular complexity index is 498. The van der Waals surface area contributed by atoms with Crippen LogP contribution in [0.1, 0.15) is 25.7 Å². The summed E-state index contributed by atoms with van der Waals surface area (Å²) in [7, 11) is 1.43. The summed E-state index contributed by atoms with van der Waals surface area (Å²) in [5, 5.41) is 0. The molecule has 1 unspecified atom stereocenters. The van der Waals surface area contributed by atoms with Crippen LogP contribution in [-0.4, -0.2) is 41.7 Å². The first-order chi connectivity index (χ1) is 9.70. The number of carbonyl (C=O) groups is 1. The van der Waals surface area contributed by atoms with Crippen molar-refractivity contribution in [3.63, 3.8) is 0 Å². The van der Waals surface area contributed by atoms with Crippen LogP contribution in [0.15, 0.2) is 29.2 Å². The number of ether oxygens (including phenoxy) is 1. The lowest BCUT2D eigenvalue weighted by Crippen LogP contribution is -2.43.